The number of carbonyl (C=O) groups is 2. The van der Waals surface area contributed by atoms with Crippen LogP contribution in [0.25, 0.3) is 0 Å². The number of rotatable bonds is 12. The molecule has 0 aliphatic carbocycles. The third kappa shape index (κ3) is 7.25. The molecule has 1 N–H and O–H groups in total. The number of hydrogen-bond acceptors (Lipinski definition) is 6. The smallest absolute Gasteiger partial charge is 0.244 e. The maximum absolute atomic E-state index is 13.9. The van der Waals surface area contributed by atoms with E-state index in [0.29, 0.717) is 11.5 Å². The molecule has 10 heteroatoms. The SMILES string of the molecule is CNC(=O)[C@@H](Cc1ccccc1)N(Cc1ccccc1)C(=O)CN(c1ccc(OC)c(OC)c1)S(C)(=O)=O. The van der Waals surface area contributed by atoms with Crippen LogP contribution in [0, 0.1) is 0 Å². The molecule has 0 saturated carbocycles. The van der Waals surface area contributed by atoms with Gasteiger partial charge in [-0.3, -0.25) is 13.9 Å². The van der Waals surface area contributed by atoms with E-state index < -0.39 is 28.5 Å². The minimum atomic E-state index is -3.89. The first-order chi connectivity index (χ1) is 18.2. The highest BCUT2D eigenvalue weighted by Crippen LogP contribution is 2.32. The fourth-order valence-corrected chi connectivity index (χ4v) is 4.94. The van der Waals surface area contributed by atoms with Crippen LogP contribution in [0.4, 0.5) is 5.69 Å². The third-order valence-electron chi connectivity index (χ3n) is 6.05. The van der Waals surface area contributed by atoms with Crippen molar-refractivity contribution < 1.29 is 27.5 Å². The molecular formula is C28H33N3O6S. The van der Waals surface area contributed by atoms with Crippen molar-refractivity contribution in [1.29, 1.82) is 0 Å². The average molecular weight is 540 g/mol. The molecule has 0 saturated heterocycles. The highest BCUT2D eigenvalue weighted by atomic mass is 32.2. The second kappa shape index (κ2) is 13.0. The van der Waals surface area contributed by atoms with E-state index in [2.05, 4.69) is 5.32 Å². The van der Waals surface area contributed by atoms with E-state index in [0.717, 1.165) is 21.7 Å². The molecule has 9 nitrogen and oxygen atoms in total. The molecule has 3 aromatic carbocycles. The summed E-state index contributed by atoms with van der Waals surface area (Å²) in [6.07, 6.45) is 1.28. The van der Waals surface area contributed by atoms with Gasteiger partial charge in [0.15, 0.2) is 11.5 Å². The molecule has 0 aliphatic heterocycles. The zero-order valence-electron chi connectivity index (χ0n) is 22.0. The molecule has 3 aromatic rings. The Kier molecular flexibility index (Phi) is 9.72. The summed E-state index contributed by atoms with van der Waals surface area (Å²) in [7, 11) is 0.542. The number of likely N-dealkylation sites (N-methyl/N-ethyl adjacent to an activating group) is 1. The highest BCUT2D eigenvalue weighted by Gasteiger charge is 2.32. The van der Waals surface area contributed by atoms with Crippen molar-refractivity contribution in [1.82, 2.24) is 10.2 Å². The first-order valence-electron chi connectivity index (χ1n) is 12.0. The Morgan fingerprint density at radius 2 is 1.45 bits per heavy atom. The van der Waals surface area contributed by atoms with Gasteiger partial charge in [0, 0.05) is 26.1 Å². The van der Waals surface area contributed by atoms with Crippen molar-refractivity contribution in [2.24, 2.45) is 0 Å². The minimum absolute atomic E-state index is 0.119. The van der Waals surface area contributed by atoms with Crippen molar-refractivity contribution in [2.75, 3.05) is 38.4 Å². The lowest BCUT2D eigenvalue weighted by molar-refractivity contribution is -0.139. The largest absolute Gasteiger partial charge is 0.493 e. The molecule has 0 aliphatic rings. The van der Waals surface area contributed by atoms with Crippen LogP contribution in [-0.2, 0) is 32.6 Å². The van der Waals surface area contributed by atoms with E-state index >= 15 is 0 Å². The van der Waals surface area contributed by atoms with Gasteiger partial charge in [0.2, 0.25) is 21.8 Å². The number of amides is 2. The van der Waals surface area contributed by atoms with Crippen LogP contribution in [0.15, 0.2) is 78.9 Å². The zero-order valence-corrected chi connectivity index (χ0v) is 22.8. The van der Waals surface area contributed by atoms with Crippen LogP contribution < -0.4 is 19.1 Å². The summed E-state index contributed by atoms with van der Waals surface area (Å²) < 4.78 is 37.3. The summed E-state index contributed by atoms with van der Waals surface area (Å²) in [5.41, 5.74) is 1.91. The number of methoxy groups -OCH3 is 2. The van der Waals surface area contributed by atoms with Gasteiger partial charge in [0.05, 0.1) is 26.2 Å². The van der Waals surface area contributed by atoms with Gasteiger partial charge < -0.3 is 19.7 Å². The monoisotopic (exact) mass is 539 g/mol. The Bertz CT molecular complexity index is 1330. The van der Waals surface area contributed by atoms with Gasteiger partial charge in [0.1, 0.15) is 12.6 Å². The van der Waals surface area contributed by atoms with Gasteiger partial charge in [-0.15, -0.1) is 0 Å². The molecular weight excluding hydrogens is 506 g/mol. The predicted molar refractivity (Wildman–Crippen MR) is 147 cm³/mol. The van der Waals surface area contributed by atoms with Crippen LogP contribution in [0.5, 0.6) is 11.5 Å². The maximum atomic E-state index is 13.9. The standard InChI is InChI=1S/C28H33N3O6S/c1-29-28(33)24(17-21-11-7-5-8-12-21)30(19-22-13-9-6-10-14-22)27(32)20-31(38(4,34)35)23-15-16-25(36-2)26(18-23)37-3/h5-16,18,24H,17,19-20H2,1-4H3,(H,29,33)/t24-/m1/s1. The van der Waals surface area contributed by atoms with Crippen molar-refractivity contribution in [3.63, 3.8) is 0 Å². The lowest BCUT2D eigenvalue weighted by atomic mass is 10.0. The average Bonchev–Trinajstić information content (AvgIpc) is 2.93. The Labute approximate surface area is 224 Å². The number of sulfonamides is 1. The Balaban J connectivity index is 2.03. The fourth-order valence-electron chi connectivity index (χ4n) is 4.09. The number of anilines is 1. The summed E-state index contributed by atoms with van der Waals surface area (Å²) in [6.45, 7) is -0.391. The number of nitrogens with one attached hydrogen (secondary N) is 1. The van der Waals surface area contributed by atoms with Crippen LogP contribution >= 0.6 is 0 Å². The highest BCUT2D eigenvalue weighted by molar-refractivity contribution is 7.92. The van der Waals surface area contributed by atoms with Crippen LogP contribution in [0.1, 0.15) is 11.1 Å². The molecule has 3 rings (SSSR count). The number of hydrogen-bond donors (Lipinski definition) is 1. The molecule has 2 amide bonds. The molecule has 1 atom stereocenters. The quantitative estimate of drug-likeness (QED) is 0.380. The minimum Gasteiger partial charge on any atom is -0.493 e. The predicted octanol–water partition coefficient (Wildman–Crippen LogP) is 2.86. The second-order valence-corrected chi connectivity index (χ2v) is 10.5. The van der Waals surface area contributed by atoms with E-state index in [1.807, 2.05) is 60.7 Å². The molecule has 0 fully saturated rings. The second-order valence-electron chi connectivity index (χ2n) is 8.64. The van der Waals surface area contributed by atoms with Crippen molar-refractivity contribution >= 4 is 27.5 Å². The first kappa shape index (κ1) is 28.5. The van der Waals surface area contributed by atoms with Crippen LogP contribution in [0.2, 0.25) is 0 Å². The Hall–Kier alpha value is -4.05. The first-order valence-corrected chi connectivity index (χ1v) is 13.8. The summed E-state index contributed by atoms with van der Waals surface area (Å²) in [6, 6.07) is 22.4. The van der Waals surface area contributed by atoms with E-state index in [1.54, 1.807) is 6.07 Å². The Morgan fingerprint density at radius 3 is 1.97 bits per heavy atom. The van der Waals surface area contributed by atoms with E-state index in [1.165, 1.54) is 38.3 Å². The van der Waals surface area contributed by atoms with Crippen LogP contribution in [0.3, 0.4) is 0 Å². The lowest BCUT2D eigenvalue weighted by Crippen LogP contribution is -2.52. The van der Waals surface area contributed by atoms with Crippen molar-refractivity contribution in [3.05, 3.63) is 90.0 Å². The van der Waals surface area contributed by atoms with Gasteiger partial charge in [0.25, 0.3) is 0 Å². The topological polar surface area (TPSA) is 105 Å². The van der Waals surface area contributed by atoms with Gasteiger partial charge in [-0.1, -0.05) is 60.7 Å². The third-order valence-corrected chi connectivity index (χ3v) is 7.19. The van der Waals surface area contributed by atoms with Crippen molar-refractivity contribution in [3.8, 4) is 11.5 Å². The van der Waals surface area contributed by atoms with Gasteiger partial charge in [-0.25, -0.2) is 8.42 Å². The molecule has 202 valence electrons. The van der Waals surface area contributed by atoms with Crippen LogP contribution in [-0.4, -0.2) is 65.2 Å². The van der Waals surface area contributed by atoms with E-state index in [9.17, 15) is 18.0 Å². The Morgan fingerprint density at radius 1 is 0.868 bits per heavy atom. The molecule has 0 unspecified atom stereocenters. The summed E-state index contributed by atoms with van der Waals surface area (Å²) in [5, 5.41) is 2.65. The molecule has 0 radical (unpaired) electrons. The van der Waals surface area contributed by atoms with E-state index in [4.69, 9.17) is 9.47 Å². The molecule has 38 heavy (non-hydrogen) atoms. The molecule has 0 heterocycles. The number of carbonyl (C=O) groups excluding carboxylic acids is 2. The van der Waals surface area contributed by atoms with Gasteiger partial charge in [-0.05, 0) is 23.3 Å². The molecule has 0 bridgehead atoms. The molecule has 0 spiro atoms. The molecule has 0 aromatic heterocycles. The number of benzene rings is 3. The zero-order chi connectivity index (χ0) is 27.7. The van der Waals surface area contributed by atoms with Gasteiger partial charge >= 0.3 is 0 Å². The maximum Gasteiger partial charge on any atom is 0.244 e. The lowest BCUT2D eigenvalue weighted by Gasteiger charge is -2.33. The number of nitrogens with zero attached hydrogens (tertiary/aromatic N) is 2. The van der Waals surface area contributed by atoms with Crippen molar-refractivity contribution in [2.45, 2.75) is 19.0 Å². The normalized spacial score (nSPS) is 11.8. The summed E-state index contributed by atoms with van der Waals surface area (Å²) in [4.78, 5) is 28.4. The summed E-state index contributed by atoms with van der Waals surface area (Å²) >= 11 is 0. The summed E-state index contributed by atoms with van der Waals surface area (Å²) in [5.74, 6) is -0.141. The fraction of sp³-hybridized carbons (Fsp3) is 0.286. The van der Waals surface area contributed by atoms with Gasteiger partial charge in [-0.2, -0.15) is 0 Å². The number of ether oxygens (including phenoxy) is 2. The van der Waals surface area contributed by atoms with E-state index in [-0.39, 0.29) is 24.6 Å².